The molecule has 4 heteroatoms. The maximum absolute atomic E-state index is 5.07. The zero-order chi connectivity index (χ0) is 18.2. The number of para-hydroxylation sites is 1. The Labute approximate surface area is 153 Å². The number of hydrogen-bond acceptors (Lipinski definition) is 3. The molecule has 0 bridgehead atoms. The Morgan fingerprint density at radius 3 is 2.20 bits per heavy atom. The molecule has 0 aliphatic heterocycles. The predicted molar refractivity (Wildman–Crippen MR) is 107 cm³/mol. The van der Waals surface area contributed by atoms with Crippen LogP contribution in [0.5, 0.6) is 0 Å². The fraction of sp³-hybridized carbons (Fsp3) is 0.619. The summed E-state index contributed by atoms with van der Waals surface area (Å²) in [5.41, 5.74) is 3.05. The lowest BCUT2D eigenvalue weighted by Gasteiger charge is -2.02. The Bertz CT molecular complexity index is 565. The van der Waals surface area contributed by atoms with Gasteiger partial charge in [-0.1, -0.05) is 83.4 Å². The summed E-state index contributed by atoms with van der Waals surface area (Å²) in [7, 11) is 0. The average molecular weight is 346 g/mol. The van der Waals surface area contributed by atoms with Crippen molar-refractivity contribution in [1.29, 1.82) is 0 Å². The van der Waals surface area contributed by atoms with Gasteiger partial charge in [-0.05, 0) is 25.0 Å². The molecule has 2 aromatic rings. The molecule has 1 aromatic heterocycles. The standard InChI is InChI=1S/C14H28O.C7H7N3/c1-3-5-6-7-8-9-10-11-12-13-14-15-4-2;1-5-3-2-4-6-7(5)9-10-8-6/h4H,2-3,5-14H2,1H3;2-4H,1H3,(H,8,9,10). The van der Waals surface area contributed by atoms with Crippen LogP contribution in [0.1, 0.15) is 76.7 Å². The minimum Gasteiger partial charge on any atom is -0.502 e. The van der Waals surface area contributed by atoms with Gasteiger partial charge in [-0.15, -0.1) is 0 Å². The number of ether oxygens (including phenoxy) is 1. The largest absolute Gasteiger partial charge is 0.502 e. The molecule has 1 heterocycles. The quantitative estimate of drug-likeness (QED) is 0.361. The van der Waals surface area contributed by atoms with Gasteiger partial charge in [0.1, 0.15) is 11.0 Å². The molecule has 140 valence electrons. The maximum atomic E-state index is 5.07. The number of hydrogen-bond donors (Lipinski definition) is 1. The highest BCUT2D eigenvalue weighted by atomic mass is 16.5. The molecule has 25 heavy (non-hydrogen) atoms. The molecule has 1 aromatic carbocycles. The molecule has 4 nitrogen and oxygen atoms in total. The first kappa shape index (κ1) is 21.2. The zero-order valence-electron chi connectivity index (χ0n) is 16.1. The highest BCUT2D eigenvalue weighted by Crippen LogP contribution is 2.11. The van der Waals surface area contributed by atoms with Gasteiger partial charge in [-0.25, -0.2) is 0 Å². The van der Waals surface area contributed by atoms with E-state index in [1.54, 1.807) is 0 Å². The van der Waals surface area contributed by atoms with E-state index in [0.29, 0.717) is 0 Å². The second kappa shape index (κ2) is 14.5. The fourth-order valence-electron chi connectivity index (χ4n) is 2.76. The van der Waals surface area contributed by atoms with Crippen LogP contribution in [-0.4, -0.2) is 22.0 Å². The number of H-pyrrole nitrogens is 1. The van der Waals surface area contributed by atoms with E-state index in [0.717, 1.165) is 23.2 Å². The predicted octanol–water partition coefficient (Wildman–Crippen LogP) is 6.33. The summed E-state index contributed by atoms with van der Waals surface area (Å²) in [6.45, 7) is 8.66. The van der Waals surface area contributed by atoms with Gasteiger partial charge in [-0.3, -0.25) is 0 Å². The third-order valence-corrected chi connectivity index (χ3v) is 4.28. The Morgan fingerprint density at radius 1 is 0.960 bits per heavy atom. The van der Waals surface area contributed by atoms with E-state index < -0.39 is 0 Å². The van der Waals surface area contributed by atoms with Crippen molar-refractivity contribution in [2.45, 2.75) is 78.1 Å². The Hall–Kier alpha value is -1.84. The molecule has 0 spiro atoms. The van der Waals surface area contributed by atoms with Crippen LogP contribution in [0.4, 0.5) is 0 Å². The maximum Gasteiger partial charge on any atom is 0.115 e. The minimum atomic E-state index is 0.847. The molecule has 0 amide bonds. The van der Waals surface area contributed by atoms with Gasteiger partial charge in [0, 0.05) is 0 Å². The molecule has 0 atom stereocenters. The minimum absolute atomic E-state index is 0.847. The van der Waals surface area contributed by atoms with E-state index in [1.165, 1.54) is 70.5 Å². The number of aromatic nitrogens is 3. The van der Waals surface area contributed by atoms with Crippen molar-refractivity contribution in [2.24, 2.45) is 0 Å². The van der Waals surface area contributed by atoms with Gasteiger partial charge in [0.2, 0.25) is 0 Å². The first-order valence-corrected chi connectivity index (χ1v) is 9.78. The normalized spacial score (nSPS) is 10.3. The van der Waals surface area contributed by atoms with Crippen LogP contribution in [0.25, 0.3) is 11.0 Å². The Kier molecular flexibility index (Phi) is 12.3. The summed E-state index contributed by atoms with van der Waals surface area (Å²) in [6.07, 6.45) is 15.3. The number of aromatic amines is 1. The van der Waals surface area contributed by atoms with Crippen molar-refractivity contribution in [1.82, 2.24) is 15.4 Å². The molecule has 0 saturated heterocycles. The summed E-state index contributed by atoms with van der Waals surface area (Å²) >= 11 is 0. The monoisotopic (exact) mass is 345 g/mol. The lowest BCUT2D eigenvalue weighted by atomic mass is 10.1. The van der Waals surface area contributed by atoms with Crippen molar-refractivity contribution in [3.8, 4) is 0 Å². The molecule has 1 N–H and O–H groups in total. The van der Waals surface area contributed by atoms with E-state index in [4.69, 9.17) is 4.74 Å². The first-order chi connectivity index (χ1) is 12.3. The number of fused-ring (bicyclic) bond motifs is 1. The number of nitrogens with zero attached hydrogens (tertiary/aromatic N) is 2. The Morgan fingerprint density at radius 2 is 1.60 bits per heavy atom. The lowest BCUT2D eigenvalue weighted by molar-refractivity contribution is 0.241. The van der Waals surface area contributed by atoms with Crippen LogP contribution in [0.3, 0.4) is 0 Å². The van der Waals surface area contributed by atoms with Gasteiger partial charge in [0.15, 0.2) is 0 Å². The summed E-state index contributed by atoms with van der Waals surface area (Å²) in [4.78, 5) is 0. The van der Waals surface area contributed by atoms with Crippen LogP contribution in [0, 0.1) is 6.92 Å². The second-order valence-electron chi connectivity index (χ2n) is 6.49. The van der Waals surface area contributed by atoms with Crippen molar-refractivity contribution in [2.75, 3.05) is 6.61 Å². The molecular weight excluding hydrogens is 310 g/mol. The molecule has 0 aliphatic carbocycles. The van der Waals surface area contributed by atoms with Crippen molar-refractivity contribution < 1.29 is 4.74 Å². The SMILES string of the molecule is C=COCCCCCCCCCCCC.Cc1cccc2n[nH]nc12. The Balaban J connectivity index is 0.000000267. The van der Waals surface area contributed by atoms with E-state index in [1.807, 2.05) is 25.1 Å². The van der Waals surface area contributed by atoms with Gasteiger partial charge >= 0.3 is 0 Å². The number of rotatable bonds is 12. The van der Waals surface area contributed by atoms with Crippen molar-refractivity contribution in [3.05, 3.63) is 36.6 Å². The smallest absolute Gasteiger partial charge is 0.115 e. The van der Waals surface area contributed by atoms with Gasteiger partial charge in [0.25, 0.3) is 0 Å². The fourth-order valence-corrected chi connectivity index (χ4v) is 2.76. The van der Waals surface area contributed by atoms with Gasteiger partial charge in [-0.2, -0.15) is 15.4 Å². The number of unbranched alkanes of at least 4 members (excludes halogenated alkanes) is 9. The summed E-state index contributed by atoms with van der Waals surface area (Å²) in [5, 5.41) is 10.5. The molecule has 0 saturated carbocycles. The third-order valence-electron chi connectivity index (χ3n) is 4.28. The molecule has 0 aliphatic rings. The highest BCUT2D eigenvalue weighted by Gasteiger charge is 1.97. The number of benzene rings is 1. The van der Waals surface area contributed by atoms with Crippen LogP contribution < -0.4 is 0 Å². The molecule has 2 rings (SSSR count). The third kappa shape index (κ3) is 9.90. The van der Waals surface area contributed by atoms with Gasteiger partial charge in [0.05, 0.1) is 12.9 Å². The van der Waals surface area contributed by atoms with Crippen molar-refractivity contribution >= 4 is 11.0 Å². The van der Waals surface area contributed by atoms with Crippen LogP contribution in [0.2, 0.25) is 0 Å². The van der Waals surface area contributed by atoms with E-state index in [9.17, 15) is 0 Å². The van der Waals surface area contributed by atoms with Gasteiger partial charge < -0.3 is 4.74 Å². The van der Waals surface area contributed by atoms with Crippen molar-refractivity contribution in [3.63, 3.8) is 0 Å². The van der Waals surface area contributed by atoms with Crippen LogP contribution >= 0.6 is 0 Å². The summed E-state index contributed by atoms with van der Waals surface area (Å²) in [5.74, 6) is 0. The topological polar surface area (TPSA) is 50.8 Å². The van der Waals surface area contributed by atoms with Crippen LogP contribution in [-0.2, 0) is 4.74 Å². The van der Waals surface area contributed by atoms with E-state index >= 15 is 0 Å². The zero-order valence-corrected chi connectivity index (χ0v) is 16.1. The molecule has 0 fully saturated rings. The molecule has 0 radical (unpaired) electrons. The highest BCUT2D eigenvalue weighted by molar-refractivity contribution is 5.76. The van der Waals surface area contributed by atoms with E-state index in [2.05, 4.69) is 28.9 Å². The summed E-state index contributed by atoms with van der Waals surface area (Å²) < 4.78 is 5.07. The number of aryl methyl sites for hydroxylation is 1. The first-order valence-electron chi connectivity index (χ1n) is 9.78. The van der Waals surface area contributed by atoms with E-state index in [-0.39, 0.29) is 0 Å². The second-order valence-corrected chi connectivity index (χ2v) is 6.49. The average Bonchev–Trinajstić information content (AvgIpc) is 3.11. The molecular formula is C21H35N3O. The lowest BCUT2D eigenvalue weighted by Crippen LogP contribution is -1.87. The van der Waals surface area contributed by atoms with Crippen LogP contribution in [0.15, 0.2) is 31.0 Å². The summed E-state index contributed by atoms with van der Waals surface area (Å²) in [6, 6.07) is 5.93. The number of nitrogens with one attached hydrogen (secondary N) is 1. The molecule has 0 unspecified atom stereocenters.